The smallest absolute Gasteiger partial charge is 0.323 e. The van der Waals surface area contributed by atoms with Gasteiger partial charge in [0.05, 0.1) is 0 Å². The van der Waals surface area contributed by atoms with Gasteiger partial charge in [0.15, 0.2) is 0 Å². The van der Waals surface area contributed by atoms with Gasteiger partial charge in [0.2, 0.25) is 0 Å². The summed E-state index contributed by atoms with van der Waals surface area (Å²) >= 11 is 1.73. The largest absolute Gasteiger partial charge is 0.480 e. The van der Waals surface area contributed by atoms with Gasteiger partial charge in [-0.25, -0.2) is 0 Å². The average Bonchev–Trinajstić information content (AvgIpc) is 2.26. The zero-order valence-electron chi connectivity index (χ0n) is 11.1. The van der Waals surface area contributed by atoms with Crippen LogP contribution in [0.1, 0.15) is 32.8 Å². The zero-order chi connectivity index (χ0) is 13.8. The Morgan fingerprint density at radius 3 is 2.33 bits per heavy atom. The minimum absolute atomic E-state index is 0.169. The maximum atomic E-state index is 11.0. The van der Waals surface area contributed by atoms with Crippen molar-refractivity contribution < 1.29 is 9.90 Å². The minimum atomic E-state index is -1.17. The lowest BCUT2D eigenvalue weighted by atomic mass is 9.91. The van der Waals surface area contributed by atoms with Gasteiger partial charge in [-0.05, 0) is 18.9 Å². The Labute approximate surface area is 113 Å². The van der Waals surface area contributed by atoms with Gasteiger partial charge in [0.25, 0.3) is 0 Å². The summed E-state index contributed by atoms with van der Waals surface area (Å²) in [6.45, 7) is 5.64. The molecule has 0 fully saturated rings. The number of hydrogen-bond donors (Lipinski definition) is 2. The normalized spacial score (nSPS) is 15.1. The van der Waals surface area contributed by atoms with Gasteiger partial charge < -0.3 is 10.8 Å². The molecule has 1 aromatic carbocycles. The standard InChI is InChI=1S/C14H21NO2S/c1-13(2,10-14(3,15)12(16)17)18-9-11-7-5-4-6-8-11/h4-8H,9-10,15H2,1-3H3,(H,16,17)/t14-/m0/s1. The van der Waals surface area contributed by atoms with Gasteiger partial charge in [0, 0.05) is 10.5 Å². The Kier molecular flexibility index (Phi) is 4.82. The molecule has 0 aromatic heterocycles. The molecule has 3 N–H and O–H groups in total. The van der Waals surface area contributed by atoms with Crippen molar-refractivity contribution in [2.75, 3.05) is 0 Å². The van der Waals surface area contributed by atoms with Gasteiger partial charge in [0.1, 0.15) is 5.54 Å². The fourth-order valence-corrected chi connectivity index (χ4v) is 3.02. The van der Waals surface area contributed by atoms with Crippen molar-refractivity contribution in [1.29, 1.82) is 0 Å². The van der Waals surface area contributed by atoms with Crippen molar-refractivity contribution in [2.45, 2.75) is 43.2 Å². The van der Waals surface area contributed by atoms with Crippen molar-refractivity contribution in [3.8, 4) is 0 Å². The van der Waals surface area contributed by atoms with Crippen LogP contribution in [0.15, 0.2) is 30.3 Å². The molecule has 1 rings (SSSR count). The second-order valence-corrected chi connectivity index (χ2v) is 7.12. The predicted molar refractivity (Wildman–Crippen MR) is 76.7 cm³/mol. The van der Waals surface area contributed by atoms with E-state index in [0.717, 1.165) is 5.75 Å². The van der Waals surface area contributed by atoms with Crippen molar-refractivity contribution >= 4 is 17.7 Å². The lowest BCUT2D eigenvalue weighted by molar-refractivity contribution is -0.143. The van der Waals surface area contributed by atoms with Gasteiger partial charge in [-0.2, -0.15) is 11.8 Å². The van der Waals surface area contributed by atoms with Crippen LogP contribution in [-0.4, -0.2) is 21.4 Å². The lowest BCUT2D eigenvalue weighted by Crippen LogP contribution is -2.49. The molecular weight excluding hydrogens is 246 g/mol. The highest BCUT2D eigenvalue weighted by Crippen LogP contribution is 2.34. The molecule has 18 heavy (non-hydrogen) atoms. The van der Waals surface area contributed by atoms with Crippen LogP contribution in [0.2, 0.25) is 0 Å². The third kappa shape index (κ3) is 4.70. The molecule has 0 radical (unpaired) electrons. The zero-order valence-corrected chi connectivity index (χ0v) is 12.0. The molecule has 1 aromatic rings. The number of carboxylic acids is 1. The van der Waals surface area contributed by atoms with E-state index in [1.165, 1.54) is 5.56 Å². The SMILES string of the molecule is CC(C)(C[C@](C)(N)C(=O)O)SCc1ccccc1. The van der Waals surface area contributed by atoms with E-state index in [-0.39, 0.29) is 4.75 Å². The summed E-state index contributed by atoms with van der Waals surface area (Å²) in [5.41, 5.74) is 5.87. The molecule has 0 aliphatic rings. The van der Waals surface area contributed by atoms with Crippen LogP contribution < -0.4 is 5.73 Å². The molecule has 0 unspecified atom stereocenters. The molecule has 100 valence electrons. The third-order valence-electron chi connectivity index (χ3n) is 2.75. The fraction of sp³-hybridized carbons (Fsp3) is 0.500. The Bertz CT molecular complexity index is 402. The third-order valence-corrected chi connectivity index (χ3v) is 4.16. The summed E-state index contributed by atoms with van der Waals surface area (Å²) in [7, 11) is 0. The van der Waals surface area contributed by atoms with Gasteiger partial charge >= 0.3 is 5.97 Å². The van der Waals surface area contributed by atoms with E-state index < -0.39 is 11.5 Å². The Morgan fingerprint density at radius 1 is 1.28 bits per heavy atom. The first-order valence-corrected chi connectivity index (χ1v) is 6.92. The highest BCUT2D eigenvalue weighted by atomic mass is 32.2. The number of nitrogens with two attached hydrogens (primary N) is 1. The van der Waals surface area contributed by atoms with Crippen LogP contribution in [-0.2, 0) is 10.5 Å². The number of hydrogen-bond acceptors (Lipinski definition) is 3. The Morgan fingerprint density at radius 2 is 1.83 bits per heavy atom. The van der Waals surface area contributed by atoms with E-state index in [1.54, 1.807) is 18.7 Å². The minimum Gasteiger partial charge on any atom is -0.480 e. The van der Waals surface area contributed by atoms with Crippen molar-refractivity contribution in [1.82, 2.24) is 0 Å². The number of benzene rings is 1. The number of carbonyl (C=O) groups is 1. The molecule has 0 saturated heterocycles. The van der Waals surface area contributed by atoms with Crippen LogP contribution in [0, 0.1) is 0 Å². The van der Waals surface area contributed by atoms with Crippen molar-refractivity contribution in [3.63, 3.8) is 0 Å². The van der Waals surface area contributed by atoms with Crippen LogP contribution >= 0.6 is 11.8 Å². The molecule has 0 aliphatic heterocycles. The van der Waals surface area contributed by atoms with Crippen LogP contribution in [0.3, 0.4) is 0 Å². The Balaban J connectivity index is 2.57. The second kappa shape index (κ2) is 5.76. The summed E-state index contributed by atoms with van der Waals surface area (Å²) in [5.74, 6) is -0.0836. The first kappa shape index (κ1) is 15.1. The van der Waals surface area contributed by atoms with Gasteiger partial charge in [-0.3, -0.25) is 4.79 Å². The van der Waals surface area contributed by atoms with E-state index in [2.05, 4.69) is 12.1 Å². The molecule has 3 nitrogen and oxygen atoms in total. The van der Waals surface area contributed by atoms with E-state index in [1.807, 2.05) is 32.0 Å². The van der Waals surface area contributed by atoms with E-state index in [4.69, 9.17) is 10.8 Å². The van der Waals surface area contributed by atoms with E-state index in [0.29, 0.717) is 6.42 Å². The maximum absolute atomic E-state index is 11.0. The summed E-state index contributed by atoms with van der Waals surface area (Å²) in [5, 5.41) is 9.06. The quantitative estimate of drug-likeness (QED) is 0.832. The fourth-order valence-electron chi connectivity index (χ4n) is 1.86. The van der Waals surface area contributed by atoms with Gasteiger partial charge in [-0.15, -0.1) is 0 Å². The number of rotatable bonds is 6. The van der Waals surface area contributed by atoms with Crippen molar-refractivity contribution in [3.05, 3.63) is 35.9 Å². The molecule has 0 amide bonds. The maximum Gasteiger partial charge on any atom is 0.323 e. The summed E-state index contributed by atoms with van der Waals surface area (Å²) < 4.78 is -0.169. The van der Waals surface area contributed by atoms with Crippen LogP contribution in [0.4, 0.5) is 0 Å². The lowest BCUT2D eigenvalue weighted by Gasteiger charge is -2.31. The first-order valence-electron chi connectivity index (χ1n) is 5.93. The molecule has 0 heterocycles. The molecular formula is C14H21NO2S. The van der Waals surface area contributed by atoms with Crippen molar-refractivity contribution in [2.24, 2.45) is 5.73 Å². The predicted octanol–water partition coefficient (Wildman–Crippen LogP) is 2.89. The molecule has 4 heteroatoms. The highest BCUT2D eigenvalue weighted by Gasteiger charge is 2.35. The Hall–Kier alpha value is -1.00. The molecule has 0 spiro atoms. The van der Waals surface area contributed by atoms with E-state index in [9.17, 15) is 4.79 Å². The molecule has 1 atom stereocenters. The number of aliphatic carboxylic acids is 1. The first-order chi connectivity index (χ1) is 8.23. The summed E-state index contributed by atoms with van der Waals surface area (Å²) in [4.78, 5) is 11.0. The summed E-state index contributed by atoms with van der Waals surface area (Å²) in [6, 6.07) is 10.1. The topological polar surface area (TPSA) is 63.3 Å². The number of carboxylic acid groups (broad SMARTS) is 1. The monoisotopic (exact) mass is 267 g/mol. The number of thioether (sulfide) groups is 1. The molecule has 0 saturated carbocycles. The molecule has 0 bridgehead atoms. The summed E-state index contributed by atoms with van der Waals surface area (Å²) in [6.07, 6.45) is 0.437. The second-order valence-electron chi connectivity index (χ2n) is 5.43. The van der Waals surface area contributed by atoms with Crippen LogP contribution in [0.5, 0.6) is 0 Å². The van der Waals surface area contributed by atoms with Gasteiger partial charge in [-0.1, -0.05) is 44.2 Å². The average molecular weight is 267 g/mol. The molecule has 0 aliphatic carbocycles. The highest BCUT2D eigenvalue weighted by molar-refractivity contribution is 7.99. The van der Waals surface area contributed by atoms with E-state index >= 15 is 0 Å². The van der Waals surface area contributed by atoms with Crippen LogP contribution in [0.25, 0.3) is 0 Å².